The Bertz CT molecular complexity index is 1230. The van der Waals surface area contributed by atoms with Gasteiger partial charge in [0.05, 0.1) is 25.7 Å². The molecular weight excluding hydrogens is 463 g/mol. The normalized spacial score (nSPS) is 17.3. The van der Waals surface area contributed by atoms with Crippen molar-refractivity contribution in [2.45, 2.75) is 24.9 Å². The maximum absolute atomic E-state index is 13.0. The number of ether oxygens (including phenoxy) is 1. The van der Waals surface area contributed by atoms with Crippen molar-refractivity contribution in [3.63, 3.8) is 0 Å². The van der Waals surface area contributed by atoms with Crippen LogP contribution in [0.1, 0.15) is 34.9 Å². The molecule has 0 bridgehead atoms. The highest BCUT2D eigenvalue weighted by Gasteiger charge is 2.35. The average Bonchev–Trinajstić information content (AvgIpc) is 3.26. The van der Waals surface area contributed by atoms with Crippen LogP contribution in [-0.2, 0) is 4.74 Å². The topological polar surface area (TPSA) is 88.2 Å². The largest absolute Gasteiger partial charge is 0.465 e. The summed E-state index contributed by atoms with van der Waals surface area (Å²) in [7, 11) is 4.86. The van der Waals surface area contributed by atoms with E-state index in [-0.39, 0.29) is 29.6 Å². The van der Waals surface area contributed by atoms with Crippen molar-refractivity contribution in [2.24, 2.45) is 4.99 Å². The van der Waals surface area contributed by atoms with E-state index in [0.717, 1.165) is 0 Å². The number of benzene rings is 1. The molecule has 0 radical (unpaired) electrons. The molecule has 1 saturated heterocycles. The number of nitrogens with zero attached hydrogens (tertiary/aromatic N) is 7. The van der Waals surface area contributed by atoms with Crippen LogP contribution in [0.3, 0.4) is 0 Å². The second-order valence-corrected chi connectivity index (χ2v) is 8.60. The van der Waals surface area contributed by atoms with Gasteiger partial charge in [-0.25, -0.2) is 19.8 Å². The Morgan fingerprint density at radius 2 is 2.00 bits per heavy atom. The second-order valence-electron chi connectivity index (χ2n) is 8.60. The molecule has 9 nitrogen and oxygen atoms in total. The highest BCUT2D eigenvalue weighted by molar-refractivity contribution is 6.02. The van der Waals surface area contributed by atoms with Gasteiger partial charge in [-0.1, -0.05) is 30.3 Å². The van der Waals surface area contributed by atoms with E-state index in [9.17, 15) is 18.0 Å². The van der Waals surface area contributed by atoms with E-state index in [1.54, 1.807) is 37.5 Å². The SMILES string of the molecule is COC(=O)c1c(-c2ccccc2)nc(N=CN(C)C)n2nc([C@@H]3CCCN(CC(F)(F)F)C3)nc12. The molecule has 12 heteroatoms. The van der Waals surface area contributed by atoms with Crippen LogP contribution < -0.4 is 0 Å². The number of piperidine rings is 1. The zero-order valence-electron chi connectivity index (χ0n) is 19.7. The van der Waals surface area contributed by atoms with Crippen molar-refractivity contribution in [2.75, 3.05) is 40.8 Å². The highest BCUT2D eigenvalue weighted by atomic mass is 19.4. The Morgan fingerprint density at radius 1 is 1.26 bits per heavy atom. The summed E-state index contributed by atoms with van der Waals surface area (Å²) in [5, 5.41) is 4.55. The monoisotopic (exact) mass is 489 g/mol. The Kier molecular flexibility index (Phi) is 7.01. The maximum Gasteiger partial charge on any atom is 0.401 e. The quantitative estimate of drug-likeness (QED) is 0.297. The van der Waals surface area contributed by atoms with Gasteiger partial charge in [-0.05, 0) is 19.4 Å². The van der Waals surface area contributed by atoms with Crippen LogP contribution in [0.4, 0.5) is 19.1 Å². The Morgan fingerprint density at radius 3 is 2.66 bits per heavy atom. The fraction of sp³-hybridized carbons (Fsp3) is 0.435. The summed E-state index contributed by atoms with van der Waals surface area (Å²) >= 11 is 0. The van der Waals surface area contributed by atoms with Gasteiger partial charge < -0.3 is 9.64 Å². The third kappa shape index (κ3) is 5.59. The van der Waals surface area contributed by atoms with Crippen LogP contribution >= 0.6 is 0 Å². The molecular formula is C23H26F3N7O2. The molecule has 3 aromatic rings. The van der Waals surface area contributed by atoms with Crippen LogP contribution in [0.5, 0.6) is 0 Å². The van der Waals surface area contributed by atoms with Gasteiger partial charge in [0, 0.05) is 32.1 Å². The summed E-state index contributed by atoms with van der Waals surface area (Å²) in [6.45, 7) is -0.462. The number of methoxy groups -OCH3 is 1. The smallest absolute Gasteiger partial charge is 0.401 e. The number of hydrogen-bond acceptors (Lipinski definition) is 7. The van der Waals surface area contributed by atoms with Gasteiger partial charge in [0.25, 0.3) is 5.95 Å². The molecule has 1 atom stereocenters. The van der Waals surface area contributed by atoms with Crippen molar-refractivity contribution < 1.29 is 22.7 Å². The van der Waals surface area contributed by atoms with Gasteiger partial charge in [0.15, 0.2) is 11.5 Å². The molecule has 1 fully saturated rings. The molecule has 0 N–H and O–H groups in total. The highest BCUT2D eigenvalue weighted by Crippen LogP contribution is 2.32. The van der Waals surface area contributed by atoms with E-state index in [1.165, 1.54) is 16.5 Å². The van der Waals surface area contributed by atoms with Crippen LogP contribution in [0.15, 0.2) is 35.3 Å². The first kappa shape index (κ1) is 24.6. The molecule has 1 aliphatic heterocycles. The molecule has 1 aliphatic rings. The van der Waals surface area contributed by atoms with Gasteiger partial charge >= 0.3 is 12.1 Å². The number of carbonyl (C=O) groups is 1. The van der Waals surface area contributed by atoms with E-state index in [2.05, 4.69) is 20.1 Å². The molecule has 0 amide bonds. The number of likely N-dealkylation sites (tertiary alicyclic amines) is 1. The minimum atomic E-state index is -4.28. The minimum absolute atomic E-state index is 0.115. The van der Waals surface area contributed by atoms with E-state index in [1.807, 2.05) is 18.2 Å². The molecule has 0 unspecified atom stereocenters. The molecule has 3 heterocycles. The molecule has 2 aromatic heterocycles. The molecule has 0 spiro atoms. The molecule has 35 heavy (non-hydrogen) atoms. The predicted octanol–water partition coefficient (Wildman–Crippen LogP) is 3.54. The van der Waals surface area contributed by atoms with E-state index in [0.29, 0.717) is 36.5 Å². The number of carbonyl (C=O) groups excluding carboxylic acids is 1. The number of hydrogen-bond donors (Lipinski definition) is 0. The third-order valence-electron chi connectivity index (χ3n) is 5.60. The molecule has 186 valence electrons. The van der Waals surface area contributed by atoms with Crippen molar-refractivity contribution >= 4 is 23.9 Å². The van der Waals surface area contributed by atoms with Gasteiger partial charge in [-0.3, -0.25) is 4.90 Å². The summed E-state index contributed by atoms with van der Waals surface area (Å²) in [6, 6.07) is 9.08. The number of alkyl halides is 3. The van der Waals surface area contributed by atoms with E-state index in [4.69, 9.17) is 4.74 Å². The Labute approximate surface area is 200 Å². The van der Waals surface area contributed by atoms with Crippen molar-refractivity contribution in [3.8, 4) is 11.3 Å². The molecule has 0 saturated carbocycles. The molecule has 1 aromatic carbocycles. The average molecular weight is 490 g/mol. The number of halogens is 3. The Balaban J connectivity index is 1.87. The maximum atomic E-state index is 13.0. The first-order valence-corrected chi connectivity index (χ1v) is 11.1. The lowest BCUT2D eigenvalue weighted by molar-refractivity contribution is -0.148. The number of esters is 1. The summed E-state index contributed by atoms with van der Waals surface area (Å²) in [5.41, 5.74) is 1.30. The molecule has 4 rings (SSSR count). The van der Waals surface area contributed by atoms with E-state index < -0.39 is 18.7 Å². The predicted molar refractivity (Wildman–Crippen MR) is 124 cm³/mol. The van der Waals surface area contributed by atoms with Crippen LogP contribution in [0.2, 0.25) is 0 Å². The van der Waals surface area contributed by atoms with Crippen LogP contribution in [0.25, 0.3) is 16.9 Å². The lowest BCUT2D eigenvalue weighted by Crippen LogP contribution is -2.40. The first-order valence-electron chi connectivity index (χ1n) is 11.1. The summed E-state index contributed by atoms with van der Waals surface area (Å²) < 4.78 is 45.3. The number of rotatable bonds is 6. The zero-order valence-corrected chi connectivity index (χ0v) is 19.7. The van der Waals surface area contributed by atoms with E-state index >= 15 is 0 Å². The third-order valence-corrected chi connectivity index (χ3v) is 5.60. The number of fused-ring (bicyclic) bond motifs is 1. The summed E-state index contributed by atoms with van der Waals surface area (Å²) in [4.78, 5) is 29.6. The minimum Gasteiger partial charge on any atom is -0.465 e. The standard InChI is InChI=1S/C23H26F3N7O2/c1-31(2)14-27-22-28-18(15-8-5-4-6-9-15)17(21(34)35-3)20-29-19(30-33(20)22)16-10-7-11-32(12-16)13-23(24,25)26/h4-6,8-9,14,16H,7,10-13H2,1-3H3/t16-/m1/s1. The van der Waals surface area contributed by atoms with Gasteiger partial charge in [-0.15, -0.1) is 5.10 Å². The van der Waals surface area contributed by atoms with Gasteiger partial charge in [-0.2, -0.15) is 17.7 Å². The zero-order chi connectivity index (χ0) is 25.2. The fourth-order valence-corrected chi connectivity index (χ4v) is 4.12. The van der Waals surface area contributed by atoms with Crippen molar-refractivity contribution in [3.05, 3.63) is 41.7 Å². The summed E-state index contributed by atoms with van der Waals surface area (Å²) in [5.74, 6) is -0.453. The first-order chi connectivity index (χ1) is 16.7. The lowest BCUT2D eigenvalue weighted by atomic mass is 9.97. The van der Waals surface area contributed by atoms with Crippen molar-refractivity contribution in [1.82, 2.24) is 29.4 Å². The number of aliphatic imine (C=N–C) groups is 1. The van der Waals surface area contributed by atoms with Crippen LogP contribution in [-0.4, -0.2) is 88.7 Å². The molecule has 0 aliphatic carbocycles. The lowest BCUT2D eigenvalue weighted by Gasteiger charge is -2.31. The van der Waals surface area contributed by atoms with Gasteiger partial charge in [0.1, 0.15) is 5.56 Å². The van der Waals surface area contributed by atoms with Crippen LogP contribution in [0, 0.1) is 0 Å². The number of aromatic nitrogens is 4. The van der Waals surface area contributed by atoms with Gasteiger partial charge in [0.2, 0.25) is 0 Å². The Hall–Kier alpha value is -3.54. The fourth-order valence-electron chi connectivity index (χ4n) is 4.12. The second kappa shape index (κ2) is 9.98. The van der Waals surface area contributed by atoms with Crippen molar-refractivity contribution in [1.29, 1.82) is 0 Å². The summed E-state index contributed by atoms with van der Waals surface area (Å²) in [6.07, 6.45) is -1.52.